The van der Waals surface area contributed by atoms with Crippen molar-refractivity contribution in [1.82, 2.24) is 15.1 Å². The van der Waals surface area contributed by atoms with Crippen molar-refractivity contribution in [2.45, 2.75) is 32.6 Å². The molecule has 0 aliphatic carbocycles. The normalized spacial score (nSPS) is 14.7. The smallest absolute Gasteiger partial charge is 0.259 e. The number of aryl methyl sites for hydroxylation is 2. The molecule has 29 heavy (non-hydrogen) atoms. The van der Waals surface area contributed by atoms with Crippen molar-refractivity contribution >= 4 is 11.6 Å². The Hall–Kier alpha value is -2.99. The van der Waals surface area contributed by atoms with Crippen LogP contribution in [0.4, 0.5) is 10.1 Å². The Labute approximate surface area is 169 Å². The number of carbonyl (C=O) groups excluding carboxylic acids is 1. The second-order valence-electron chi connectivity index (χ2n) is 7.58. The number of aromatic nitrogens is 2. The van der Waals surface area contributed by atoms with Crippen molar-refractivity contribution in [1.29, 1.82) is 0 Å². The van der Waals surface area contributed by atoms with Crippen LogP contribution in [0.5, 0.6) is 0 Å². The Balaban J connectivity index is 1.76. The second-order valence-corrected chi connectivity index (χ2v) is 7.58. The van der Waals surface area contributed by atoms with Gasteiger partial charge >= 0.3 is 0 Å². The molecule has 2 N–H and O–H groups in total. The average Bonchev–Trinajstić information content (AvgIpc) is 3.15. The largest absolute Gasteiger partial charge is 0.322 e. The van der Waals surface area contributed by atoms with Crippen LogP contribution in [0.3, 0.4) is 0 Å². The Morgan fingerprint density at radius 2 is 1.76 bits per heavy atom. The number of hydrogen-bond acceptors (Lipinski definition) is 3. The van der Waals surface area contributed by atoms with Crippen LogP contribution in [0.25, 0.3) is 5.69 Å². The number of piperidine rings is 1. The van der Waals surface area contributed by atoms with Gasteiger partial charge in [0, 0.05) is 11.6 Å². The molecule has 5 nitrogen and oxygen atoms in total. The molecule has 4 rings (SSSR count). The first-order chi connectivity index (χ1) is 14.0. The minimum absolute atomic E-state index is 0.220. The van der Waals surface area contributed by atoms with E-state index in [0.29, 0.717) is 11.3 Å². The molecule has 1 amide bonds. The molecular weight excluding hydrogens is 367 g/mol. The number of nitrogens with zero attached hydrogens (tertiary/aromatic N) is 2. The van der Waals surface area contributed by atoms with Gasteiger partial charge in [0.05, 0.1) is 23.1 Å². The molecule has 1 aliphatic rings. The molecule has 0 bridgehead atoms. The zero-order chi connectivity index (χ0) is 20.4. The van der Waals surface area contributed by atoms with E-state index in [2.05, 4.69) is 41.7 Å². The standard InChI is InChI=1S/C23H25FN4O/c1-15-4-3-5-16(2)21(15)28-22(17-10-12-25-13-11-17)20(14-26-28)23(29)27-19-8-6-18(24)7-9-19/h3-9,14,17,25H,10-13H2,1-2H3,(H,27,29). The molecule has 2 aromatic carbocycles. The van der Waals surface area contributed by atoms with Gasteiger partial charge in [-0.05, 0) is 75.2 Å². The first-order valence-corrected chi connectivity index (χ1v) is 9.96. The number of anilines is 1. The molecule has 150 valence electrons. The van der Waals surface area contributed by atoms with Gasteiger partial charge in [-0.15, -0.1) is 0 Å². The first kappa shape index (κ1) is 19.3. The predicted molar refractivity (Wildman–Crippen MR) is 112 cm³/mol. The van der Waals surface area contributed by atoms with Gasteiger partial charge in [0.25, 0.3) is 5.91 Å². The molecular formula is C23H25FN4O. The number of nitrogens with one attached hydrogen (secondary N) is 2. The summed E-state index contributed by atoms with van der Waals surface area (Å²) in [5.41, 5.74) is 5.35. The minimum atomic E-state index is -0.332. The van der Waals surface area contributed by atoms with Crippen LogP contribution in [0.15, 0.2) is 48.7 Å². The molecule has 1 aliphatic heterocycles. The van der Waals surface area contributed by atoms with Crippen molar-refractivity contribution in [2.24, 2.45) is 0 Å². The van der Waals surface area contributed by atoms with Gasteiger partial charge in [0.2, 0.25) is 0 Å². The SMILES string of the molecule is Cc1cccc(C)c1-n1ncc(C(=O)Nc2ccc(F)cc2)c1C1CCNCC1. The summed E-state index contributed by atoms with van der Waals surface area (Å²) in [6.07, 6.45) is 3.56. The van der Waals surface area contributed by atoms with E-state index in [1.54, 1.807) is 18.3 Å². The summed E-state index contributed by atoms with van der Waals surface area (Å²) >= 11 is 0. The third-order valence-electron chi connectivity index (χ3n) is 5.53. The van der Waals surface area contributed by atoms with Gasteiger partial charge in [-0.3, -0.25) is 4.79 Å². The van der Waals surface area contributed by atoms with E-state index >= 15 is 0 Å². The summed E-state index contributed by atoms with van der Waals surface area (Å²) in [6.45, 7) is 5.96. The second kappa shape index (κ2) is 8.17. The monoisotopic (exact) mass is 392 g/mol. The molecule has 1 saturated heterocycles. The lowest BCUT2D eigenvalue weighted by Crippen LogP contribution is -2.29. The van der Waals surface area contributed by atoms with Crippen molar-refractivity contribution in [3.8, 4) is 5.69 Å². The molecule has 2 heterocycles. The summed E-state index contributed by atoms with van der Waals surface area (Å²) < 4.78 is 15.1. The van der Waals surface area contributed by atoms with Crippen LogP contribution in [0.1, 0.15) is 45.9 Å². The Kier molecular flexibility index (Phi) is 5.45. The summed E-state index contributed by atoms with van der Waals surface area (Å²) in [4.78, 5) is 13.1. The number of rotatable bonds is 4. The number of benzene rings is 2. The highest BCUT2D eigenvalue weighted by atomic mass is 19.1. The van der Waals surface area contributed by atoms with Crippen molar-refractivity contribution in [2.75, 3.05) is 18.4 Å². The summed E-state index contributed by atoms with van der Waals surface area (Å²) in [6, 6.07) is 12.0. The van der Waals surface area contributed by atoms with Crippen LogP contribution in [0, 0.1) is 19.7 Å². The fraction of sp³-hybridized carbons (Fsp3) is 0.304. The lowest BCUT2D eigenvalue weighted by atomic mass is 9.91. The molecule has 0 radical (unpaired) electrons. The highest BCUT2D eigenvalue weighted by Crippen LogP contribution is 2.32. The van der Waals surface area contributed by atoms with E-state index in [-0.39, 0.29) is 17.6 Å². The Morgan fingerprint density at radius 1 is 1.10 bits per heavy atom. The number of halogens is 1. The number of para-hydroxylation sites is 1. The maximum Gasteiger partial charge on any atom is 0.259 e. The van der Waals surface area contributed by atoms with Crippen LogP contribution in [-0.2, 0) is 0 Å². The van der Waals surface area contributed by atoms with Crippen LogP contribution in [0.2, 0.25) is 0 Å². The summed E-state index contributed by atoms with van der Waals surface area (Å²) in [5.74, 6) is -0.310. The topological polar surface area (TPSA) is 59.0 Å². The number of amides is 1. The van der Waals surface area contributed by atoms with E-state index in [1.165, 1.54) is 12.1 Å². The molecule has 1 fully saturated rings. The summed E-state index contributed by atoms with van der Waals surface area (Å²) in [7, 11) is 0. The molecule has 0 atom stereocenters. The van der Waals surface area contributed by atoms with Crippen molar-refractivity contribution < 1.29 is 9.18 Å². The molecule has 3 aromatic rings. The quantitative estimate of drug-likeness (QED) is 0.694. The van der Waals surface area contributed by atoms with Gasteiger partial charge in [-0.1, -0.05) is 18.2 Å². The van der Waals surface area contributed by atoms with E-state index in [9.17, 15) is 9.18 Å². The Bertz CT molecular complexity index is 1000. The van der Waals surface area contributed by atoms with Gasteiger partial charge in [-0.2, -0.15) is 5.10 Å². The Morgan fingerprint density at radius 3 is 2.41 bits per heavy atom. The highest BCUT2D eigenvalue weighted by molar-refractivity contribution is 6.05. The molecule has 0 spiro atoms. The maximum absolute atomic E-state index is 13.2. The highest BCUT2D eigenvalue weighted by Gasteiger charge is 2.28. The van der Waals surface area contributed by atoms with Gasteiger partial charge in [0.1, 0.15) is 5.82 Å². The number of carbonyl (C=O) groups is 1. The van der Waals surface area contributed by atoms with E-state index in [4.69, 9.17) is 0 Å². The molecule has 1 aromatic heterocycles. The van der Waals surface area contributed by atoms with Crippen molar-refractivity contribution in [3.05, 3.63) is 76.9 Å². The zero-order valence-electron chi connectivity index (χ0n) is 16.7. The third-order valence-corrected chi connectivity index (χ3v) is 5.53. The van der Waals surface area contributed by atoms with Crippen LogP contribution >= 0.6 is 0 Å². The van der Waals surface area contributed by atoms with Crippen molar-refractivity contribution in [3.63, 3.8) is 0 Å². The predicted octanol–water partition coefficient (Wildman–Crippen LogP) is 4.35. The van der Waals surface area contributed by atoms with Crippen LogP contribution < -0.4 is 10.6 Å². The molecule has 6 heteroatoms. The van der Waals surface area contributed by atoms with E-state index < -0.39 is 0 Å². The van der Waals surface area contributed by atoms with Gasteiger partial charge in [-0.25, -0.2) is 9.07 Å². The van der Waals surface area contributed by atoms with Gasteiger partial charge in [0.15, 0.2) is 0 Å². The van der Waals surface area contributed by atoms with E-state index in [0.717, 1.165) is 48.4 Å². The minimum Gasteiger partial charge on any atom is -0.322 e. The molecule has 0 saturated carbocycles. The average molecular weight is 392 g/mol. The zero-order valence-corrected chi connectivity index (χ0v) is 16.7. The van der Waals surface area contributed by atoms with Gasteiger partial charge < -0.3 is 10.6 Å². The van der Waals surface area contributed by atoms with Crippen LogP contribution in [-0.4, -0.2) is 28.8 Å². The number of hydrogen-bond donors (Lipinski definition) is 2. The third kappa shape index (κ3) is 3.93. The first-order valence-electron chi connectivity index (χ1n) is 9.96. The molecule has 0 unspecified atom stereocenters. The van der Waals surface area contributed by atoms with E-state index in [1.807, 2.05) is 10.7 Å². The lowest BCUT2D eigenvalue weighted by molar-refractivity contribution is 0.102. The fourth-order valence-electron chi connectivity index (χ4n) is 4.07. The lowest BCUT2D eigenvalue weighted by Gasteiger charge is -2.25. The fourth-order valence-corrected chi connectivity index (χ4v) is 4.07. The summed E-state index contributed by atoms with van der Waals surface area (Å²) in [5, 5.41) is 10.9. The maximum atomic E-state index is 13.2.